The lowest BCUT2D eigenvalue weighted by atomic mass is 10.1. The molecule has 0 fully saturated rings. The first kappa shape index (κ1) is 14.9. The molecule has 1 heterocycles. The Bertz CT molecular complexity index is 496. The molecule has 0 spiro atoms. The van der Waals surface area contributed by atoms with E-state index in [0.717, 1.165) is 22.8 Å². The highest BCUT2D eigenvalue weighted by Gasteiger charge is 2.21. The zero-order valence-electron chi connectivity index (χ0n) is 11.9. The maximum Gasteiger partial charge on any atom is 0.148 e. The minimum Gasteiger partial charge on any atom is -0.494 e. The quantitative estimate of drug-likeness (QED) is 0.838. The van der Waals surface area contributed by atoms with E-state index in [1.54, 1.807) is 11.3 Å². The summed E-state index contributed by atoms with van der Waals surface area (Å²) in [5.41, 5.74) is 6.19. The van der Waals surface area contributed by atoms with Gasteiger partial charge in [0.15, 0.2) is 0 Å². The van der Waals surface area contributed by atoms with Crippen molar-refractivity contribution in [3.63, 3.8) is 0 Å². The lowest BCUT2D eigenvalue weighted by molar-refractivity contribution is 0.174. The first-order valence-corrected chi connectivity index (χ1v) is 7.81. The predicted octanol–water partition coefficient (Wildman–Crippen LogP) is 4.00. The molecule has 2 unspecified atom stereocenters. The minimum atomic E-state index is -0.0991. The van der Waals surface area contributed by atoms with Gasteiger partial charge < -0.3 is 15.2 Å². The number of thiophene rings is 1. The first-order valence-electron chi connectivity index (χ1n) is 6.93. The van der Waals surface area contributed by atoms with Crippen molar-refractivity contribution in [3.05, 3.63) is 46.7 Å². The summed E-state index contributed by atoms with van der Waals surface area (Å²) in [5.74, 6) is 1.67. The van der Waals surface area contributed by atoms with Crippen molar-refractivity contribution in [1.29, 1.82) is 0 Å². The van der Waals surface area contributed by atoms with Gasteiger partial charge in [-0.25, -0.2) is 0 Å². The van der Waals surface area contributed by atoms with Gasteiger partial charge in [0.2, 0.25) is 0 Å². The van der Waals surface area contributed by atoms with Gasteiger partial charge in [0.25, 0.3) is 0 Å². The summed E-state index contributed by atoms with van der Waals surface area (Å²) in [6.07, 6.45) is 0.775. The molecule has 0 saturated heterocycles. The maximum absolute atomic E-state index is 6.19. The third kappa shape index (κ3) is 3.74. The summed E-state index contributed by atoms with van der Waals surface area (Å²) in [6.45, 7) is 4.71. The molecular weight excluding hydrogens is 270 g/mol. The number of benzene rings is 1. The van der Waals surface area contributed by atoms with Crippen LogP contribution in [0.3, 0.4) is 0 Å². The summed E-state index contributed by atoms with van der Waals surface area (Å²) in [6, 6.07) is 11.8. The topological polar surface area (TPSA) is 44.5 Å². The van der Waals surface area contributed by atoms with Crippen LogP contribution in [0.15, 0.2) is 41.8 Å². The van der Waals surface area contributed by atoms with Crippen LogP contribution < -0.4 is 15.2 Å². The van der Waals surface area contributed by atoms with E-state index in [4.69, 9.17) is 15.2 Å². The smallest absolute Gasteiger partial charge is 0.148 e. The van der Waals surface area contributed by atoms with Crippen molar-refractivity contribution >= 4 is 11.3 Å². The van der Waals surface area contributed by atoms with Crippen molar-refractivity contribution in [2.24, 2.45) is 5.73 Å². The largest absolute Gasteiger partial charge is 0.494 e. The third-order valence-corrected chi connectivity index (χ3v) is 4.02. The molecule has 2 rings (SSSR count). The molecule has 20 heavy (non-hydrogen) atoms. The molecule has 0 aliphatic carbocycles. The summed E-state index contributed by atoms with van der Waals surface area (Å²) < 4.78 is 11.5. The van der Waals surface area contributed by atoms with Gasteiger partial charge in [-0.15, -0.1) is 11.3 Å². The fourth-order valence-electron chi connectivity index (χ4n) is 1.95. The minimum absolute atomic E-state index is 0.0137. The Balaban J connectivity index is 2.11. The van der Waals surface area contributed by atoms with Crippen LogP contribution in [-0.2, 0) is 0 Å². The first-order chi connectivity index (χ1) is 9.74. The van der Waals surface area contributed by atoms with E-state index in [1.165, 1.54) is 0 Å². The summed E-state index contributed by atoms with van der Waals surface area (Å²) in [7, 11) is 0. The Hall–Kier alpha value is -1.52. The average Bonchev–Trinajstić information content (AvgIpc) is 3.00. The number of hydrogen-bond donors (Lipinski definition) is 1. The molecule has 0 bridgehead atoms. The van der Waals surface area contributed by atoms with Crippen molar-refractivity contribution in [2.75, 3.05) is 6.61 Å². The van der Waals surface area contributed by atoms with Gasteiger partial charge in [0, 0.05) is 10.9 Å². The normalized spacial score (nSPS) is 13.8. The van der Waals surface area contributed by atoms with Gasteiger partial charge in [-0.3, -0.25) is 0 Å². The van der Waals surface area contributed by atoms with Crippen molar-refractivity contribution in [2.45, 2.75) is 32.4 Å². The summed E-state index contributed by atoms with van der Waals surface area (Å²) in [5, 5.41) is 2.05. The van der Waals surface area contributed by atoms with Crippen LogP contribution in [0.1, 0.15) is 31.2 Å². The molecule has 0 radical (unpaired) electrons. The molecule has 2 N–H and O–H groups in total. The molecule has 0 aliphatic heterocycles. The molecule has 0 aliphatic rings. The van der Waals surface area contributed by atoms with Crippen molar-refractivity contribution < 1.29 is 9.47 Å². The fourth-order valence-corrected chi connectivity index (χ4v) is 2.78. The Morgan fingerprint density at radius 3 is 2.35 bits per heavy atom. The molecule has 2 aromatic rings. The highest BCUT2D eigenvalue weighted by molar-refractivity contribution is 7.10. The molecule has 3 nitrogen and oxygen atoms in total. The highest BCUT2D eigenvalue weighted by Crippen LogP contribution is 2.29. The third-order valence-electron chi connectivity index (χ3n) is 3.08. The monoisotopic (exact) mass is 291 g/mol. The van der Waals surface area contributed by atoms with Gasteiger partial charge in [0.05, 0.1) is 6.61 Å². The van der Waals surface area contributed by atoms with Gasteiger partial charge >= 0.3 is 0 Å². The van der Waals surface area contributed by atoms with Crippen LogP contribution >= 0.6 is 11.3 Å². The van der Waals surface area contributed by atoms with E-state index >= 15 is 0 Å². The average molecular weight is 291 g/mol. The van der Waals surface area contributed by atoms with Crippen LogP contribution in [0.2, 0.25) is 0 Å². The number of hydrogen-bond acceptors (Lipinski definition) is 4. The second-order valence-corrected chi connectivity index (χ2v) is 5.51. The Morgan fingerprint density at radius 1 is 1.10 bits per heavy atom. The molecule has 2 atom stereocenters. The lowest BCUT2D eigenvalue weighted by Gasteiger charge is -2.23. The van der Waals surface area contributed by atoms with Crippen LogP contribution in [0.4, 0.5) is 0 Å². The predicted molar refractivity (Wildman–Crippen MR) is 83.6 cm³/mol. The zero-order valence-corrected chi connectivity index (χ0v) is 12.7. The van der Waals surface area contributed by atoms with Crippen LogP contribution in [0.25, 0.3) is 0 Å². The van der Waals surface area contributed by atoms with Crippen LogP contribution in [0, 0.1) is 0 Å². The van der Waals surface area contributed by atoms with E-state index in [2.05, 4.69) is 13.0 Å². The number of rotatable bonds is 7. The van der Waals surface area contributed by atoms with Gasteiger partial charge in [-0.2, -0.15) is 0 Å². The lowest BCUT2D eigenvalue weighted by Crippen LogP contribution is -2.30. The Morgan fingerprint density at radius 2 is 1.80 bits per heavy atom. The Labute approximate surface area is 124 Å². The van der Waals surface area contributed by atoms with E-state index in [1.807, 2.05) is 42.6 Å². The molecular formula is C16H21NO2S. The van der Waals surface area contributed by atoms with Crippen molar-refractivity contribution in [1.82, 2.24) is 0 Å². The highest BCUT2D eigenvalue weighted by atomic mass is 32.1. The zero-order chi connectivity index (χ0) is 14.4. The second-order valence-electron chi connectivity index (χ2n) is 4.53. The maximum atomic E-state index is 6.19. The van der Waals surface area contributed by atoms with E-state index in [0.29, 0.717) is 6.61 Å². The molecule has 0 amide bonds. The molecule has 1 aromatic heterocycles. The van der Waals surface area contributed by atoms with E-state index < -0.39 is 0 Å². The molecule has 108 valence electrons. The van der Waals surface area contributed by atoms with E-state index in [9.17, 15) is 0 Å². The second kappa shape index (κ2) is 7.31. The van der Waals surface area contributed by atoms with Crippen LogP contribution in [-0.4, -0.2) is 12.6 Å². The van der Waals surface area contributed by atoms with Gasteiger partial charge in [0.1, 0.15) is 17.6 Å². The summed E-state index contributed by atoms with van der Waals surface area (Å²) >= 11 is 1.68. The van der Waals surface area contributed by atoms with E-state index in [-0.39, 0.29) is 12.1 Å². The fraction of sp³-hybridized carbons (Fsp3) is 0.375. The standard InChI is InChI=1S/C16H21NO2S/c1-3-14(17)16(15-6-5-11-20-15)19-13-9-7-12(8-10-13)18-4-2/h5-11,14,16H,3-4,17H2,1-2H3. The summed E-state index contributed by atoms with van der Waals surface area (Å²) in [4.78, 5) is 1.16. The number of nitrogens with two attached hydrogens (primary N) is 1. The van der Waals surface area contributed by atoms with Gasteiger partial charge in [-0.1, -0.05) is 13.0 Å². The molecule has 1 aromatic carbocycles. The SMILES string of the molecule is CCOc1ccc(OC(c2cccs2)C(N)CC)cc1. The molecule has 0 saturated carbocycles. The molecule has 4 heteroatoms. The van der Waals surface area contributed by atoms with Gasteiger partial charge in [-0.05, 0) is 49.1 Å². The Kier molecular flexibility index (Phi) is 5.44. The number of ether oxygens (including phenoxy) is 2. The van der Waals surface area contributed by atoms with Crippen LogP contribution in [0.5, 0.6) is 11.5 Å². The van der Waals surface area contributed by atoms with Crippen molar-refractivity contribution in [3.8, 4) is 11.5 Å².